The van der Waals surface area contributed by atoms with E-state index in [1.165, 1.54) is 19.3 Å². The van der Waals surface area contributed by atoms with Crippen molar-refractivity contribution in [3.63, 3.8) is 0 Å². The van der Waals surface area contributed by atoms with Gasteiger partial charge in [0.05, 0.1) is 0 Å². The van der Waals surface area contributed by atoms with Gasteiger partial charge in [0.1, 0.15) is 0 Å². The van der Waals surface area contributed by atoms with Crippen LogP contribution in [0.5, 0.6) is 0 Å². The predicted octanol–water partition coefficient (Wildman–Crippen LogP) is 3.61. The maximum atomic E-state index is 2.41. The normalized spacial score (nSPS) is 34.6. The first-order chi connectivity index (χ1) is 5.25. The third-order valence-corrected chi connectivity index (χ3v) is 3.92. The highest BCUT2D eigenvalue weighted by Crippen LogP contribution is 2.61. The van der Waals surface area contributed by atoms with Gasteiger partial charge in [-0.25, -0.2) is 0 Å². The maximum absolute atomic E-state index is 2.41. The molecule has 0 bridgehead atoms. The van der Waals surface area contributed by atoms with E-state index in [2.05, 4.69) is 13.8 Å². The zero-order valence-corrected chi connectivity index (χ0v) is 7.90. The Morgan fingerprint density at radius 2 is 1.82 bits per heavy atom. The topological polar surface area (TPSA) is 0 Å². The fraction of sp³-hybridized carbons (Fsp3) is 1.00. The quantitative estimate of drug-likeness (QED) is 0.538. The van der Waals surface area contributed by atoms with Crippen molar-refractivity contribution in [1.82, 2.24) is 0 Å². The van der Waals surface area contributed by atoms with Crippen molar-refractivity contribution < 1.29 is 0 Å². The molecule has 1 atom stereocenters. The van der Waals surface area contributed by atoms with Crippen LogP contribution in [-0.4, -0.2) is 0 Å². The first kappa shape index (κ1) is 7.64. The molecule has 0 nitrogen and oxygen atoms in total. The van der Waals surface area contributed by atoms with Crippen molar-refractivity contribution in [3.05, 3.63) is 0 Å². The standard InChI is InChI=1S/C11H20/c1-9(2)10-5-3-4-6-11(10)7-8-11/h9-10H,3-8H2,1-2H3/t10-/m1/s1. The molecule has 0 aromatic carbocycles. The summed E-state index contributed by atoms with van der Waals surface area (Å²) in [5.74, 6) is 2.02. The van der Waals surface area contributed by atoms with E-state index >= 15 is 0 Å². The number of hydrogen-bond acceptors (Lipinski definition) is 0. The third-order valence-electron chi connectivity index (χ3n) is 3.92. The second kappa shape index (κ2) is 2.50. The van der Waals surface area contributed by atoms with Crippen molar-refractivity contribution in [3.8, 4) is 0 Å². The van der Waals surface area contributed by atoms with Crippen LogP contribution in [0, 0.1) is 17.3 Å². The van der Waals surface area contributed by atoms with Gasteiger partial charge in [-0.1, -0.05) is 26.7 Å². The van der Waals surface area contributed by atoms with Gasteiger partial charge in [0.2, 0.25) is 0 Å². The molecule has 0 aromatic heterocycles. The average molecular weight is 152 g/mol. The van der Waals surface area contributed by atoms with Crippen LogP contribution in [0.2, 0.25) is 0 Å². The maximum Gasteiger partial charge on any atom is -0.0266 e. The smallest absolute Gasteiger partial charge is 0.0266 e. The molecule has 0 unspecified atom stereocenters. The molecular formula is C11H20. The lowest BCUT2D eigenvalue weighted by Crippen LogP contribution is -2.25. The van der Waals surface area contributed by atoms with E-state index < -0.39 is 0 Å². The second-order valence-electron chi connectivity index (χ2n) is 4.96. The molecular weight excluding hydrogens is 132 g/mol. The van der Waals surface area contributed by atoms with E-state index in [1.807, 2.05) is 0 Å². The van der Waals surface area contributed by atoms with Crippen LogP contribution in [0.25, 0.3) is 0 Å². The highest BCUT2D eigenvalue weighted by atomic mass is 14.5. The molecule has 0 heteroatoms. The summed E-state index contributed by atoms with van der Waals surface area (Å²) in [5.41, 5.74) is 0.867. The van der Waals surface area contributed by atoms with Crippen molar-refractivity contribution in [1.29, 1.82) is 0 Å². The summed E-state index contributed by atoms with van der Waals surface area (Å²) in [5, 5.41) is 0. The first-order valence-corrected chi connectivity index (χ1v) is 5.25. The highest BCUT2D eigenvalue weighted by Gasteiger charge is 2.50. The Hall–Kier alpha value is 0. The molecule has 0 N–H and O–H groups in total. The first-order valence-electron chi connectivity index (χ1n) is 5.25. The zero-order valence-electron chi connectivity index (χ0n) is 7.90. The van der Waals surface area contributed by atoms with Crippen LogP contribution in [0.4, 0.5) is 0 Å². The monoisotopic (exact) mass is 152 g/mol. The van der Waals surface area contributed by atoms with E-state index in [0.29, 0.717) is 0 Å². The fourth-order valence-corrected chi connectivity index (χ4v) is 3.15. The number of hydrogen-bond donors (Lipinski definition) is 0. The van der Waals surface area contributed by atoms with Crippen molar-refractivity contribution in [2.75, 3.05) is 0 Å². The Labute approximate surface area is 70.4 Å². The summed E-state index contributed by atoms with van der Waals surface area (Å²) < 4.78 is 0. The van der Waals surface area contributed by atoms with Crippen LogP contribution in [0.3, 0.4) is 0 Å². The van der Waals surface area contributed by atoms with Gasteiger partial charge in [-0.3, -0.25) is 0 Å². The molecule has 0 aliphatic heterocycles. The predicted molar refractivity (Wildman–Crippen MR) is 48.5 cm³/mol. The van der Waals surface area contributed by atoms with E-state index in [1.54, 1.807) is 19.3 Å². The van der Waals surface area contributed by atoms with Crippen molar-refractivity contribution in [2.45, 2.75) is 52.4 Å². The highest BCUT2D eigenvalue weighted by molar-refractivity contribution is 5.00. The Balaban J connectivity index is 2.04. The Morgan fingerprint density at radius 3 is 2.27 bits per heavy atom. The minimum absolute atomic E-state index is 0.867. The van der Waals surface area contributed by atoms with Gasteiger partial charge in [0.15, 0.2) is 0 Å². The minimum Gasteiger partial charge on any atom is -0.0625 e. The Bertz CT molecular complexity index is 142. The molecule has 1 spiro atoms. The van der Waals surface area contributed by atoms with E-state index in [0.717, 1.165) is 17.3 Å². The number of rotatable bonds is 1. The molecule has 0 amide bonds. The Morgan fingerprint density at radius 1 is 1.09 bits per heavy atom. The summed E-state index contributed by atoms with van der Waals surface area (Å²) in [7, 11) is 0. The molecule has 2 saturated carbocycles. The van der Waals surface area contributed by atoms with Crippen molar-refractivity contribution in [2.24, 2.45) is 17.3 Å². The van der Waals surface area contributed by atoms with Gasteiger partial charge in [-0.05, 0) is 42.9 Å². The van der Waals surface area contributed by atoms with Crippen LogP contribution in [0.1, 0.15) is 52.4 Å². The average Bonchev–Trinajstić information content (AvgIpc) is 2.70. The molecule has 2 fully saturated rings. The van der Waals surface area contributed by atoms with Crippen LogP contribution < -0.4 is 0 Å². The van der Waals surface area contributed by atoms with Crippen LogP contribution >= 0.6 is 0 Å². The van der Waals surface area contributed by atoms with Crippen LogP contribution in [0.15, 0.2) is 0 Å². The lowest BCUT2D eigenvalue weighted by Gasteiger charge is -2.34. The summed E-state index contributed by atoms with van der Waals surface area (Å²) >= 11 is 0. The lowest BCUT2D eigenvalue weighted by atomic mass is 9.71. The zero-order chi connectivity index (χ0) is 7.90. The van der Waals surface area contributed by atoms with Gasteiger partial charge in [0, 0.05) is 0 Å². The lowest BCUT2D eigenvalue weighted by molar-refractivity contribution is 0.159. The summed E-state index contributed by atoms with van der Waals surface area (Å²) in [6.07, 6.45) is 9.20. The SMILES string of the molecule is CC(C)[C@H]1CCCCC12CC2. The molecule has 2 aliphatic rings. The molecule has 2 aliphatic carbocycles. The van der Waals surface area contributed by atoms with Gasteiger partial charge < -0.3 is 0 Å². The summed E-state index contributed by atoms with van der Waals surface area (Å²) in [6.45, 7) is 4.83. The van der Waals surface area contributed by atoms with Gasteiger partial charge in [-0.2, -0.15) is 0 Å². The third kappa shape index (κ3) is 1.21. The van der Waals surface area contributed by atoms with Gasteiger partial charge >= 0.3 is 0 Å². The fourth-order valence-electron chi connectivity index (χ4n) is 3.15. The largest absolute Gasteiger partial charge is 0.0625 e. The van der Waals surface area contributed by atoms with Gasteiger partial charge in [-0.15, -0.1) is 0 Å². The van der Waals surface area contributed by atoms with E-state index in [-0.39, 0.29) is 0 Å². The minimum atomic E-state index is 0.867. The second-order valence-corrected chi connectivity index (χ2v) is 4.96. The van der Waals surface area contributed by atoms with E-state index in [9.17, 15) is 0 Å². The molecule has 0 saturated heterocycles. The van der Waals surface area contributed by atoms with Crippen molar-refractivity contribution >= 4 is 0 Å². The molecule has 0 heterocycles. The molecule has 11 heavy (non-hydrogen) atoms. The molecule has 2 rings (SSSR count). The molecule has 0 radical (unpaired) electrons. The Kier molecular flexibility index (Phi) is 1.74. The summed E-state index contributed by atoms with van der Waals surface area (Å²) in [6, 6.07) is 0. The van der Waals surface area contributed by atoms with E-state index in [4.69, 9.17) is 0 Å². The van der Waals surface area contributed by atoms with Crippen LogP contribution in [-0.2, 0) is 0 Å². The van der Waals surface area contributed by atoms with Gasteiger partial charge in [0.25, 0.3) is 0 Å². The summed E-state index contributed by atoms with van der Waals surface area (Å²) in [4.78, 5) is 0. The molecule has 0 aromatic rings. The molecule has 64 valence electrons.